The number of halogens is 1. The second-order valence-corrected chi connectivity index (χ2v) is 6.30. The van der Waals surface area contributed by atoms with Crippen molar-refractivity contribution in [1.82, 2.24) is 4.98 Å². The van der Waals surface area contributed by atoms with Gasteiger partial charge in [0.25, 0.3) is 0 Å². The predicted octanol–water partition coefficient (Wildman–Crippen LogP) is 4.34. The Bertz CT molecular complexity index is 575. The van der Waals surface area contributed by atoms with Gasteiger partial charge in [-0.25, -0.2) is 4.98 Å². The first-order chi connectivity index (χ1) is 7.69. The molecule has 2 aromatic heterocycles. The van der Waals surface area contributed by atoms with E-state index in [9.17, 15) is 0 Å². The minimum Gasteiger partial charge on any atom is -0.241 e. The summed E-state index contributed by atoms with van der Waals surface area (Å²) < 4.78 is 1.06. The van der Waals surface area contributed by atoms with Gasteiger partial charge in [-0.1, -0.05) is 0 Å². The van der Waals surface area contributed by atoms with E-state index in [0.29, 0.717) is 5.57 Å². The average Bonchev–Trinajstić information content (AvgIpc) is 2.84. The summed E-state index contributed by atoms with van der Waals surface area (Å²) >= 11 is 6.50. The third-order valence-electron chi connectivity index (χ3n) is 1.87. The van der Waals surface area contributed by atoms with Crippen LogP contribution in [0.3, 0.4) is 0 Å². The molecule has 0 spiro atoms. The minimum atomic E-state index is 0.614. The molecule has 80 valence electrons. The molecule has 0 radical (unpaired) electrons. The van der Waals surface area contributed by atoms with E-state index in [1.165, 1.54) is 11.3 Å². The molecule has 0 N–H and O–H groups in total. The first-order valence-corrected chi connectivity index (χ1v) is 7.02. The molecule has 0 amide bonds. The number of nitriles is 1. The van der Waals surface area contributed by atoms with Crippen molar-refractivity contribution < 1.29 is 0 Å². The lowest BCUT2D eigenvalue weighted by Crippen LogP contribution is -1.80. The van der Waals surface area contributed by atoms with Gasteiger partial charge in [0.1, 0.15) is 11.1 Å². The Morgan fingerprint density at radius 2 is 2.31 bits per heavy atom. The van der Waals surface area contributed by atoms with Gasteiger partial charge < -0.3 is 0 Å². The molecule has 0 aliphatic rings. The second kappa shape index (κ2) is 4.91. The summed E-state index contributed by atoms with van der Waals surface area (Å²) in [6.45, 7) is 1.93. The average molecular weight is 311 g/mol. The smallest absolute Gasteiger partial charge is 0.134 e. The van der Waals surface area contributed by atoms with Gasteiger partial charge in [0, 0.05) is 11.1 Å². The highest BCUT2D eigenvalue weighted by Crippen LogP contribution is 2.26. The zero-order chi connectivity index (χ0) is 11.5. The van der Waals surface area contributed by atoms with Gasteiger partial charge in [-0.3, -0.25) is 0 Å². The van der Waals surface area contributed by atoms with E-state index in [1.807, 2.05) is 29.8 Å². The van der Waals surface area contributed by atoms with Crippen LogP contribution in [0, 0.1) is 18.3 Å². The highest BCUT2D eigenvalue weighted by Gasteiger charge is 2.06. The van der Waals surface area contributed by atoms with Gasteiger partial charge in [0.2, 0.25) is 0 Å². The Labute approximate surface area is 110 Å². The van der Waals surface area contributed by atoms with Gasteiger partial charge in [0.05, 0.1) is 9.36 Å². The third-order valence-corrected chi connectivity index (χ3v) is 4.38. The fourth-order valence-electron chi connectivity index (χ4n) is 1.19. The first kappa shape index (κ1) is 11.5. The van der Waals surface area contributed by atoms with Crippen molar-refractivity contribution in [2.75, 3.05) is 0 Å². The lowest BCUT2D eigenvalue weighted by atomic mass is 10.2. The van der Waals surface area contributed by atoms with E-state index in [2.05, 4.69) is 27.0 Å². The summed E-state index contributed by atoms with van der Waals surface area (Å²) in [5.41, 5.74) is 2.59. The first-order valence-electron chi connectivity index (χ1n) is 4.47. The van der Waals surface area contributed by atoms with Gasteiger partial charge in [-0.2, -0.15) is 5.26 Å². The quantitative estimate of drug-likeness (QED) is 0.774. The summed E-state index contributed by atoms with van der Waals surface area (Å²) in [4.78, 5) is 4.30. The number of thiophene rings is 1. The topological polar surface area (TPSA) is 36.7 Å². The number of nitrogens with zero attached hydrogens (tertiary/aromatic N) is 2. The van der Waals surface area contributed by atoms with E-state index in [-0.39, 0.29) is 0 Å². The molecule has 0 unspecified atom stereocenters. The summed E-state index contributed by atoms with van der Waals surface area (Å²) in [5, 5.41) is 13.8. The summed E-state index contributed by atoms with van der Waals surface area (Å²) in [7, 11) is 0. The molecule has 0 bridgehead atoms. The maximum atomic E-state index is 9.10. The molecule has 0 aromatic carbocycles. The van der Waals surface area contributed by atoms with E-state index in [1.54, 1.807) is 11.3 Å². The van der Waals surface area contributed by atoms with Crippen molar-refractivity contribution in [2.45, 2.75) is 6.92 Å². The molecule has 2 rings (SSSR count). The van der Waals surface area contributed by atoms with Crippen molar-refractivity contribution in [3.05, 3.63) is 36.9 Å². The summed E-state index contributed by atoms with van der Waals surface area (Å²) in [5.74, 6) is 0. The van der Waals surface area contributed by atoms with Crippen LogP contribution in [-0.2, 0) is 0 Å². The highest BCUT2D eigenvalue weighted by molar-refractivity contribution is 9.11. The van der Waals surface area contributed by atoms with Crippen molar-refractivity contribution in [3.8, 4) is 6.07 Å². The Balaban J connectivity index is 2.37. The zero-order valence-corrected chi connectivity index (χ0v) is 11.6. The van der Waals surface area contributed by atoms with Crippen molar-refractivity contribution in [1.29, 1.82) is 5.26 Å². The number of rotatable bonds is 2. The van der Waals surface area contributed by atoms with E-state index < -0.39 is 0 Å². The van der Waals surface area contributed by atoms with Gasteiger partial charge in [-0.05, 0) is 45.9 Å². The van der Waals surface area contributed by atoms with Crippen LogP contribution in [0.5, 0.6) is 0 Å². The van der Waals surface area contributed by atoms with Crippen LogP contribution >= 0.6 is 38.6 Å². The van der Waals surface area contributed by atoms with Crippen molar-refractivity contribution in [2.24, 2.45) is 0 Å². The largest absolute Gasteiger partial charge is 0.241 e. The number of aryl methyl sites for hydroxylation is 1. The predicted molar refractivity (Wildman–Crippen MR) is 72.4 cm³/mol. The Morgan fingerprint density at radius 1 is 1.50 bits per heavy atom. The molecule has 2 nitrogen and oxygen atoms in total. The molecule has 2 aromatic rings. The second-order valence-electron chi connectivity index (χ2n) is 3.15. The molecule has 0 saturated carbocycles. The number of allylic oxidation sites excluding steroid dienone is 1. The molecule has 16 heavy (non-hydrogen) atoms. The van der Waals surface area contributed by atoms with Crippen LogP contribution in [0.25, 0.3) is 11.6 Å². The summed E-state index contributed by atoms with van der Waals surface area (Å²) in [6.07, 6.45) is 1.86. The van der Waals surface area contributed by atoms with E-state index >= 15 is 0 Å². The number of hydrogen-bond acceptors (Lipinski definition) is 4. The number of hydrogen-bond donors (Lipinski definition) is 0. The molecular formula is C11H7BrN2S2. The normalized spacial score (nSPS) is 11.4. The third kappa shape index (κ3) is 2.59. The van der Waals surface area contributed by atoms with E-state index in [4.69, 9.17) is 5.26 Å². The van der Waals surface area contributed by atoms with Crippen LogP contribution in [0.4, 0.5) is 0 Å². The van der Waals surface area contributed by atoms with Crippen LogP contribution in [0.1, 0.15) is 16.3 Å². The lowest BCUT2D eigenvalue weighted by Gasteiger charge is -1.90. The molecule has 0 fully saturated rings. The van der Waals surface area contributed by atoms with Crippen LogP contribution in [0.15, 0.2) is 20.6 Å². The van der Waals surface area contributed by atoms with Gasteiger partial charge in [0.15, 0.2) is 0 Å². The van der Waals surface area contributed by atoms with Crippen LogP contribution < -0.4 is 0 Å². The molecule has 0 aliphatic heterocycles. The SMILES string of the molecule is Cc1csc(/C(C#N)=C\c2csc(Br)c2)n1. The standard InChI is InChI=1S/C11H7BrN2S2/c1-7-5-16-11(14-7)9(4-13)2-8-3-10(12)15-6-8/h2-3,5-6H,1H3/b9-2-. The maximum Gasteiger partial charge on any atom is 0.134 e. The maximum absolute atomic E-state index is 9.10. The molecule has 5 heteroatoms. The van der Waals surface area contributed by atoms with E-state index in [0.717, 1.165) is 20.1 Å². The fourth-order valence-corrected chi connectivity index (χ4v) is 3.08. The molecule has 0 saturated heterocycles. The highest BCUT2D eigenvalue weighted by atomic mass is 79.9. The molecule has 2 heterocycles. The molecular weight excluding hydrogens is 304 g/mol. The lowest BCUT2D eigenvalue weighted by molar-refractivity contribution is 1.25. The molecule has 0 aliphatic carbocycles. The van der Waals surface area contributed by atoms with Crippen molar-refractivity contribution in [3.63, 3.8) is 0 Å². The Hall–Kier alpha value is -0.960. The van der Waals surface area contributed by atoms with Crippen LogP contribution in [0.2, 0.25) is 0 Å². The Kier molecular flexibility index (Phi) is 3.54. The zero-order valence-electron chi connectivity index (χ0n) is 8.40. The summed E-state index contributed by atoms with van der Waals surface area (Å²) in [6, 6.07) is 4.18. The Morgan fingerprint density at radius 3 is 2.81 bits per heavy atom. The fraction of sp³-hybridized carbons (Fsp3) is 0.0909. The van der Waals surface area contributed by atoms with Crippen molar-refractivity contribution >= 4 is 50.3 Å². The van der Waals surface area contributed by atoms with Gasteiger partial charge in [-0.15, -0.1) is 22.7 Å². The van der Waals surface area contributed by atoms with Gasteiger partial charge >= 0.3 is 0 Å². The molecule has 0 atom stereocenters. The number of thiazole rings is 1. The number of aromatic nitrogens is 1. The van der Waals surface area contributed by atoms with Crippen LogP contribution in [-0.4, -0.2) is 4.98 Å². The monoisotopic (exact) mass is 310 g/mol. The minimum absolute atomic E-state index is 0.614.